The number of benzene rings is 1. The molecule has 2 aliphatic rings. The molecule has 0 radical (unpaired) electrons. The van der Waals surface area contributed by atoms with Gasteiger partial charge in [-0.1, -0.05) is 18.2 Å². The summed E-state index contributed by atoms with van der Waals surface area (Å²) in [4.78, 5) is 16.5. The van der Waals surface area contributed by atoms with E-state index in [0.717, 1.165) is 43.0 Å². The average molecular weight is 348 g/mol. The van der Waals surface area contributed by atoms with Gasteiger partial charge in [0.15, 0.2) is 0 Å². The van der Waals surface area contributed by atoms with Crippen LogP contribution in [-0.4, -0.2) is 36.7 Å². The number of fused-ring (bicyclic) bond motifs is 4. The Morgan fingerprint density at radius 2 is 1.88 bits per heavy atom. The minimum Gasteiger partial charge on any atom is -0.378 e. The van der Waals surface area contributed by atoms with Gasteiger partial charge in [0.05, 0.1) is 6.07 Å². The molecular weight excluding hydrogens is 324 g/mol. The Kier molecular flexibility index (Phi) is 4.29. The van der Waals surface area contributed by atoms with E-state index in [9.17, 15) is 10.1 Å². The van der Waals surface area contributed by atoms with E-state index in [1.165, 1.54) is 0 Å². The zero-order valence-corrected chi connectivity index (χ0v) is 15.3. The SMILES string of the molecule is CN(C)c1ccc([C@H](C#N)N2C[C@@H]3C[C@@H](C2)c2cccc(=O)n2C3)cc1. The Morgan fingerprint density at radius 1 is 1.12 bits per heavy atom. The second-order valence-electron chi connectivity index (χ2n) is 7.67. The Labute approximate surface area is 154 Å². The average Bonchev–Trinajstić information content (AvgIpc) is 2.64. The number of nitrogens with zero attached hydrogens (tertiary/aromatic N) is 4. The summed E-state index contributed by atoms with van der Waals surface area (Å²) >= 11 is 0. The van der Waals surface area contributed by atoms with Crippen LogP contribution in [0.5, 0.6) is 0 Å². The third-order valence-corrected chi connectivity index (χ3v) is 5.72. The summed E-state index contributed by atoms with van der Waals surface area (Å²) in [5.74, 6) is 0.756. The highest BCUT2D eigenvalue weighted by Crippen LogP contribution is 2.38. The van der Waals surface area contributed by atoms with E-state index in [-0.39, 0.29) is 11.6 Å². The summed E-state index contributed by atoms with van der Waals surface area (Å²) in [6.07, 6.45) is 1.11. The van der Waals surface area contributed by atoms with Crippen molar-refractivity contribution in [2.75, 3.05) is 32.1 Å². The number of nitriles is 1. The van der Waals surface area contributed by atoms with Crippen LogP contribution in [0.15, 0.2) is 47.3 Å². The summed E-state index contributed by atoms with van der Waals surface area (Å²) in [5.41, 5.74) is 3.40. The molecule has 0 amide bonds. The number of hydrogen-bond donors (Lipinski definition) is 0. The molecule has 3 atom stereocenters. The van der Waals surface area contributed by atoms with Crippen molar-refractivity contribution in [3.8, 4) is 6.07 Å². The van der Waals surface area contributed by atoms with Gasteiger partial charge in [0.2, 0.25) is 0 Å². The molecule has 4 rings (SSSR count). The first-order chi connectivity index (χ1) is 12.6. The van der Waals surface area contributed by atoms with Crippen LogP contribution in [0.2, 0.25) is 0 Å². The second-order valence-corrected chi connectivity index (χ2v) is 7.67. The molecule has 134 valence electrons. The minimum absolute atomic E-state index is 0.0988. The van der Waals surface area contributed by atoms with Gasteiger partial charge in [0.1, 0.15) is 6.04 Å². The molecule has 3 heterocycles. The van der Waals surface area contributed by atoms with Crippen LogP contribution in [0.1, 0.15) is 29.6 Å². The van der Waals surface area contributed by atoms with Gasteiger partial charge >= 0.3 is 0 Å². The summed E-state index contributed by atoms with van der Waals surface area (Å²) in [6.45, 7) is 2.46. The largest absolute Gasteiger partial charge is 0.378 e. The highest BCUT2D eigenvalue weighted by atomic mass is 16.1. The number of piperidine rings is 1. The quantitative estimate of drug-likeness (QED) is 0.856. The Balaban J connectivity index is 1.61. The number of pyridine rings is 1. The number of aromatic nitrogens is 1. The van der Waals surface area contributed by atoms with E-state index >= 15 is 0 Å². The van der Waals surface area contributed by atoms with E-state index in [0.29, 0.717) is 11.8 Å². The maximum atomic E-state index is 12.2. The number of anilines is 1. The molecule has 2 bridgehead atoms. The molecule has 2 aliphatic heterocycles. The van der Waals surface area contributed by atoms with Gasteiger partial charge in [0.25, 0.3) is 5.56 Å². The monoisotopic (exact) mass is 348 g/mol. The number of hydrogen-bond acceptors (Lipinski definition) is 4. The lowest BCUT2D eigenvalue weighted by molar-refractivity contribution is 0.100. The number of rotatable bonds is 3. The zero-order valence-electron chi connectivity index (χ0n) is 15.3. The highest BCUT2D eigenvalue weighted by Gasteiger charge is 2.37. The Morgan fingerprint density at radius 3 is 2.58 bits per heavy atom. The molecule has 0 spiro atoms. The van der Waals surface area contributed by atoms with Gasteiger partial charge in [0, 0.05) is 57.1 Å². The lowest BCUT2D eigenvalue weighted by Gasteiger charge is -2.44. The molecule has 0 unspecified atom stereocenters. The summed E-state index contributed by atoms with van der Waals surface area (Å²) in [5, 5.41) is 9.86. The van der Waals surface area contributed by atoms with Crippen molar-refractivity contribution < 1.29 is 0 Å². The molecule has 26 heavy (non-hydrogen) atoms. The number of likely N-dealkylation sites (tertiary alicyclic amines) is 1. The molecule has 2 aromatic rings. The van der Waals surface area contributed by atoms with E-state index in [4.69, 9.17) is 0 Å². The summed E-state index contributed by atoms with van der Waals surface area (Å²) in [6, 6.07) is 16.1. The minimum atomic E-state index is -0.238. The van der Waals surface area contributed by atoms with Crippen LogP contribution in [0.25, 0.3) is 0 Å². The van der Waals surface area contributed by atoms with Crippen molar-refractivity contribution in [3.05, 3.63) is 64.1 Å². The van der Waals surface area contributed by atoms with Crippen LogP contribution >= 0.6 is 0 Å². The van der Waals surface area contributed by atoms with Crippen LogP contribution in [0.4, 0.5) is 5.69 Å². The van der Waals surface area contributed by atoms with Crippen molar-refractivity contribution >= 4 is 5.69 Å². The molecule has 5 nitrogen and oxygen atoms in total. The maximum absolute atomic E-state index is 12.2. The van der Waals surface area contributed by atoms with Crippen LogP contribution in [-0.2, 0) is 6.54 Å². The summed E-state index contributed by atoms with van der Waals surface area (Å²) in [7, 11) is 4.03. The fourth-order valence-corrected chi connectivity index (χ4v) is 4.47. The standard InChI is InChI=1S/C21H24N4O/c1-23(2)18-8-6-16(7-9-18)20(11-22)24-12-15-10-17(14-24)19-4-3-5-21(26)25(19)13-15/h3-9,15,17,20H,10,12-14H2,1-2H3/t15-,17-,20-/m0/s1. The fraction of sp³-hybridized carbons (Fsp3) is 0.429. The third kappa shape index (κ3) is 2.91. The van der Waals surface area contributed by atoms with Gasteiger partial charge in [-0.15, -0.1) is 0 Å². The molecule has 0 N–H and O–H groups in total. The van der Waals surface area contributed by atoms with Crippen molar-refractivity contribution in [1.82, 2.24) is 9.47 Å². The molecule has 1 aromatic carbocycles. The fourth-order valence-electron chi connectivity index (χ4n) is 4.47. The molecular formula is C21H24N4O. The molecule has 1 aromatic heterocycles. The van der Waals surface area contributed by atoms with Crippen LogP contribution < -0.4 is 10.5 Å². The lowest BCUT2D eigenvalue weighted by Crippen LogP contribution is -2.47. The van der Waals surface area contributed by atoms with Crippen molar-refractivity contribution in [3.63, 3.8) is 0 Å². The van der Waals surface area contributed by atoms with E-state index in [1.807, 2.05) is 24.7 Å². The van der Waals surface area contributed by atoms with Gasteiger partial charge in [-0.05, 0) is 36.1 Å². The third-order valence-electron chi connectivity index (χ3n) is 5.72. The Bertz CT molecular complexity index is 893. The zero-order chi connectivity index (χ0) is 18.3. The summed E-state index contributed by atoms with van der Waals surface area (Å²) < 4.78 is 1.93. The molecule has 5 heteroatoms. The van der Waals surface area contributed by atoms with E-state index in [1.54, 1.807) is 6.07 Å². The molecule has 1 saturated heterocycles. The van der Waals surface area contributed by atoms with Crippen LogP contribution in [0.3, 0.4) is 0 Å². The second kappa shape index (κ2) is 6.62. The molecule has 0 saturated carbocycles. The lowest BCUT2D eigenvalue weighted by atomic mass is 9.82. The van der Waals surface area contributed by atoms with E-state index < -0.39 is 0 Å². The van der Waals surface area contributed by atoms with Gasteiger partial charge in [-0.3, -0.25) is 9.69 Å². The highest BCUT2D eigenvalue weighted by molar-refractivity contribution is 5.47. The van der Waals surface area contributed by atoms with Crippen molar-refractivity contribution in [1.29, 1.82) is 5.26 Å². The van der Waals surface area contributed by atoms with Crippen molar-refractivity contribution in [2.45, 2.75) is 24.9 Å². The van der Waals surface area contributed by atoms with Crippen LogP contribution in [0, 0.1) is 17.2 Å². The normalized spacial score (nSPS) is 23.0. The van der Waals surface area contributed by atoms with Crippen molar-refractivity contribution in [2.24, 2.45) is 5.92 Å². The molecule has 0 aliphatic carbocycles. The first kappa shape index (κ1) is 16.9. The Hall–Kier alpha value is -2.58. The first-order valence-electron chi connectivity index (χ1n) is 9.17. The predicted octanol–water partition coefficient (Wildman–Crippen LogP) is 2.60. The first-order valence-corrected chi connectivity index (χ1v) is 9.17. The van der Waals surface area contributed by atoms with Gasteiger partial charge < -0.3 is 9.47 Å². The van der Waals surface area contributed by atoms with E-state index in [2.05, 4.69) is 46.2 Å². The smallest absolute Gasteiger partial charge is 0.250 e. The molecule has 1 fully saturated rings. The van der Waals surface area contributed by atoms with Gasteiger partial charge in [-0.2, -0.15) is 5.26 Å². The predicted molar refractivity (Wildman–Crippen MR) is 102 cm³/mol. The topological polar surface area (TPSA) is 52.3 Å². The maximum Gasteiger partial charge on any atom is 0.250 e. The van der Waals surface area contributed by atoms with Gasteiger partial charge in [-0.25, -0.2) is 0 Å².